The monoisotopic (exact) mass is 377 g/mol. The van der Waals surface area contributed by atoms with Gasteiger partial charge in [0.2, 0.25) is 5.91 Å². The third-order valence-electron chi connectivity index (χ3n) is 6.69. The molecule has 3 N–H and O–H groups in total. The van der Waals surface area contributed by atoms with E-state index in [1.807, 2.05) is 18.2 Å². The number of hydrogen-bond donors (Lipinski definition) is 2. The number of rotatable bonds is 7. The van der Waals surface area contributed by atoms with E-state index in [-0.39, 0.29) is 5.91 Å². The van der Waals surface area contributed by atoms with E-state index in [1.54, 1.807) is 0 Å². The molecule has 2 aromatic rings. The second-order valence-corrected chi connectivity index (χ2v) is 8.42. The first kappa shape index (κ1) is 19.2. The second-order valence-electron chi connectivity index (χ2n) is 8.42. The maximum atomic E-state index is 11.5. The molecular formula is C24H31N3O. The summed E-state index contributed by atoms with van der Waals surface area (Å²) in [4.78, 5) is 14.3. The van der Waals surface area contributed by atoms with Gasteiger partial charge >= 0.3 is 0 Å². The Labute approximate surface area is 168 Å². The number of amides is 1. The van der Waals surface area contributed by atoms with Crippen molar-refractivity contribution in [3.05, 3.63) is 71.3 Å². The average molecular weight is 378 g/mol. The van der Waals surface area contributed by atoms with E-state index in [4.69, 9.17) is 5.73 Å². The highest BCUT2D eigenvalue weighted by molar-refractivity contribution is 5.92. The summed E-state index contributed by atoms with van der Waals surface area (Å²) in [6.07, 6.45) is 6.01. The number of carbonyl (C=O) groups excluding carboxylic acids is 1. The molecule has 0 aromatic heterocycles. The largest absolute Gasteiger partial charge is 0.366 e. The van der Waals surface area contributed by atoms with Crippen LogP contribution in [0.2, 0.25) is 0 Å². The van der Waals surface area contributed by atoms with E-state index in [9.17, 15) is 4.79 Å². The Bertz CT molecular complexity index is 793. The third-order valence-corrected chi connectivity index (χ3v) is 6.69. The van der Waals surface area contributed by atoms with E-state index < -0.39 is 0 Å². The molecule has 0 radical (unpaired) electrons. The lowest BCUT2D eigenvalue weighted by Gasteiger charge is -2.41. The van der Waals surface area contributed by atoms with Crippen LogP contribution >= 0.6 is 0 Å². The van der Waals surface area contributed by atoms with E-state index >= 15 is 0 Å². The van der Waals surface area contributed by atoms with Gasteiger partial charge in [0, 0.05) is 30.2 Å². The Morgan fingerprint density at radius 2 is 1.82 bits per heavy atom. The first-order valence-corrected chi connectivity index (χ1v) is 10.5. The standard InChI is InChI=1S/C24H31N3O/c1-26-21(12-17-6-3-2-4-7-17)16-27-22-10-11-23(27)15-20(14-22)18-8-5-9-19(13-18)24(25)28/h2-9,13,20-23,26H,10-12,14-16H2,1H3,(H2,25,28)/t20?,21?,22-,23+. The molecule has 4 heteroatoms. The van der Waals surface area contributed by atoms with Crippen molar-refractivity contribution < 1.29 is 4.79 Å². The Hall–Kier alpha value is -2.17. The van der Waals surface area contributed by atoms with Crippen LogP contribution in [0, 0.1) is 0 Å². The predicted octanol–water partition coefficient (Wildman–Crippen LogP) is 3.33. The number of nitrogens with one attached hydrogen (secondary N) is 1. The van der Waals surface area contributed by atoms with Gasteiger partial charge in [-0.2, -0.15) is 0 Å². The van der Waals surface area contributed by atoms with Gasteiger partial charge in [0.1, 0.15) is 0 Å². The predicted molar refractivity (Wildman–Crippen MR) is 113 cm³/mol. The zero-order valence-electron chi connectivity index (χ0n) is 16.7. The summed E-state index contributed by atoms with van der Waals surface area (Å²) in [5.74, 6) is 0.204. The maximum Gasteiger partial charge on any atom is 0.248 e. The highest BCUT2D eigenvalue weighted by Gasteiger charge is 2.41. The lowest BCUT2D eigenvalue weighted by atomic mass is 9.84. The molecule has 2 heterocycles. The SMILES string of the molecule is CNC(Cc1ccccc1)CN1[C@@H]2CC[C@H]1CC(c1cccc(C(N)=O)c1)C2. The quantitative estimate of drug-likeness (QED) is 0.778. The first-order chi connectivity index (χ1) is 13.6. The number of carbonyl (C=O) groups is 1. The van der Waals surface area contributed by atoms with Crippen molar-refractivity contribution >= 4 is 5.91 Å². The second kappa shape index (κ2) is 8.46. The molecule has 0 aliphatic carbocycles. The molecule has 0 saturated carbocycles. The highest BCUT2D eigenvalue weighted by Crippen LogP contribution is 2.43. The minimum absolute atomic E-state index is 0.333. The summed E-state index contributed by atoms with van der Waals surface area (Å²) >= 11 is 0. The number of fused-ring (bicyclic) bond motifs is 2. The number of hydrogen-bond acceptors (Lipinski definition) is 3. The number of nitrogens with two attached hydrogens (primary N) is 1. The summed E-state index contributed by atoms with van der Waals surface area (Å²) in [5.41, 5.74) is 8.79. The fourth-order valence-electron chi connectivity index (χ4n) is 5.20. The Balaban J connectivity index is 1.42. The molecule has 2 bridgehead atoms. The molecule has 4 nitrogen and oxygen atoms in total. The summed E-state index contributed by atoms with van der Waals surface area (Å²) in [6.45, 7) is 1.11. The molecule has 2 unspecified atom stereocenters. The van der Waals surface area contributed by atoms with Crippen LogP contribution in [0.5, 0.6) is 0 Å². The van der Waals surface area contributed by atoms with Crippen molar-refractivity contribution in [1.82, 2.24) is 10.2 Å². The molecule has 4 atom stereocenters. The Morgan fingerprint density at radius 3 is 2.46 bits per heavy atom. The van der Waals surface area contributed by atoms with Crippen molar-refractivity contribution in [3.63, 3.8) is 0 Å². The third kappa shape index (κ3) is 4.13. The summed E-state index contributed by atoms with van der Waals surface area (Å²) in [5, 5.41) is 3.54. The number of primary amides is 1. The van der Waals surface area contributed by atoms with Crippen LogP contribution in [-0.4, -0.2) is 42.5 Å². The molecule has 0 spiro atoms. The summed E-state index contributed by atoms with van der Waals surface area (Å²) in [6, 6.07) is 20.5. The number of benzene rings is 2. The normalized spacial score (nSPS) is 25.5. The fraction of sp³-hybridized carbons (Fsp3) is 0.458. The maximum absolute atomic E-state index is 11.5. The zero-order valence-corrected chi connectivity index (χ0v) is 16.7. The average Bonchev–Trinajstić information content (AvgIpc) is 2.95. The van der Waals surface area contributed by atoms with Crippen molar-refractivity contribution in [2.45, 2.75) is 56.1 Å². The zero-order chi connectivity index (χ0) is 19.5. The molecule has 2 aliphatic rings. The lowest BCUT2D eigenvalue weighted by Crippen LogP contribution is -2.49. The number of likely N-dealkylation sites (N-methyl/N-ethyl adjacent to an activating group) is 1. The van der Waals surface area contributed by atoms with Crippen LogP contribution in [-0.2, 0) is 6.42 Å². The molecule has 2 aromatic carbocycles. The molecular weight excluding hydrogens is 346 g/mol. The molecule has 4 rings (SSSR count). The smallest absolute Gasteiger partial charge is 0.248 e. The first-order valence-electron chi connectivity index (χ1n) is 10.5. The van der Waals surface area contributed by atoms with Crippen LogP contribution in [0.25, 0.3) is 0 Å². The van der Waals surface area contributed by atoms with Crippen LogP contribution in [0.15, 0.2) is 54.6 Å². The van der Waals surface area contributed by atoms with Gasteiger partial charge in [0.25, 0.3) is 0 Å². The van der Waals surface area contributed by atoms with E-state index in [2.05, 4.69) is 53.7 Å². The van der Waals surface area contributed by atoms with E-state index in [1.165, 1.54) is 36.8 Å². The van der Waals surface area contributed by atoms with Crippen molar-refractivity contribution in [1.29, 1.82) is 0 Å². The molecule has 2 aliphatic heterocycles. The van der Waals surface area contributed by atoms with Crippen molar-refractivity contribution in [2.24, 2.45) is 5.73 Å². The van der Waals surface area contributed by atoms with Gasteiger partial charge in [-0.1, -0.05) is 42.5 Å². The minimum Gasteiger partial charge on any atom is -0.366 e. The number of piperidine rings is 1. The molecule has 148 valence electrons. The molecule has 28 heavy (non-hydrogen) atoms. The van der Waals surface area contributed by atoms with Crippen LogP contribution in [0.3, 0.4) is 0 Å². The fourth-order valence-corrected chi connectivity index (χ4v) is 5.20. The lowest BCUT2D eigenvalue weighted by molar-refractivity contribution is 0.0999. The Morgan fingerprint density at radius 1 is 1.11 bits per heavy atom. The summed E-state index contributed by atoms with van der Waals surface area (Å²) < 4.78 is 0. The number of nitrogens with zero attached hydrogens (tertiary/aromatic N) is 1. The topological polar surface area (TPSA) is 58.4 Å². The van der Waals surface area contributed by atoms with Crippen LogP contribution < -0.4 is 11.1 Å². The van der Waals surface area contributed by atoms with Gasteiger partial charge in [-0.3, -0.25) is 9.69 Å². The van der Waals surface area contributed by atoms with Gasteiger partial charge in [0.15, 0.2) is 0 Å². The Kier molecular flexibility index (Phi) is 5.79. The molecule has 1 amide bonds. The molecule has 2 saturated heterocycles. The van der Waals surface area contributed by atoms with Crippen molar-refractivity contribution in [3.8, 4) is 0 Å². The van der Waals surface area contributed by atoms with Crippen LogP contribution in [0.4, 0.5) is 0 Å². The van der Waals surface area contributed by atoms with Gasteiger partial charge in [0.05, 0.1) is 0 Å². The van der Waals surface area contributed by atoms with E-state index in [0.29, 0.717) is 29.6 Å². The molecule has 2 fully saturated rings. The van der Waals surface area contributed by atoms with Gasteiger partial charge in [-0.15, -0.1) is 0 Å². The van der Waals surface area contributed by atoms with Crippen LogP contribution in [0.1, 0.15) is 53.1 Å². The van der Waals surface area contributed by atoms with Gasteiger partial charge in [-0.05, 0) is 68.3 Å². The van der Waals surface area contributed by atoms with E-state index in [0.717, 1.165) is 13.0 Å². The minimum atomic E-state index is -0.333. The van der Waals surface area contributed by atoms with Gasteiger partial charge < -0.3 is 11.1 Å². The van der Waals surface area contributed by atoms with Crippen molar-refractivity contribution in [2.75, 3.05) is 13.6 Å². The highest BCUT2D eigenvalue weighted by atomic mass is 16.1. The van der Waals surface area contributed by atoms with Gasteiger partial charge in [-0.25, -0.2) is 0 Å². The summed E-state index contributed by atoms with van der Waals surface area (Å²) in [7, 11) is 2.08.